The van der Waals surface area contributed by atoms with E-state index in [9.17, 15) is 4.79 Å². The number of rotatable bonds is 5. The van der Waals surface area contributed by atoms with Crippen molar-refractivity contribution in [3.63, 3.8) is 0 Å². The molecule has 2 heterocycles. The van der Waals surface area contributed by atoms with Gasteiger partial charge in [0.05, 0.1) is 16.8 Å². The number of likely N-dealkylation sites (N-methyl/N-ethyl adjacent to an activating group) is 1. The zero-order chi connectivity index (χ0) is 13.8. The molecule has 0 radical (unpaired) electrons. The molecule has 2 N–H and O–H groups in total. The van der Waals surface area contributed by atoms with E-state index in [4.69, 9.17) is 11.6 Å². The Bertz CT molecular complexity index is 581. The van der Waals surface area contributed by atoms with Gasteiger partial charge in [0, 0.05) is 25.5 Å². The molecule has 2 rings (SSSR count). The predicted octanol–water partition coefficient (Wildman–Crippen LogP) is 1.60. The molecule has 1 unspecified atom stereocenters. The Labute approximate surface area is 117 Å². The van der Waals surface area contributed by atoms with Gasteiger partial charge in [-0.05, 0) is 26.0 Å². The van der Waals surface area contributed by atoms with Crippen molar-refractivity contribution in [1.82, 2.24) is 20.0 Å². The average molecular weight is 281 g/mol. The van der Waals surface area contributed by atoms with E-state index in [0.717, 1.165) is 11.3 Å². The van der Waals surface area contributed by atoms with E-state index >= 15 is 0 Å². The molecular weight excluding hydrogens is 264 g/mol. The largest absolute Gasteiger partial charge is 0.355 e. The maximum absolute atomic E-state index is 11.6. The van der Waals surface area contributed by atoms with Gasteiger partial charge in [0.25, 0.3) is 0 Å². The van der Waals surface area contributed by atoms with Crippen LogP contribution in [-0.2, 0) is 11.3 Å². The van der Waals surface area contributed by atoms with E-state index in [1.54, 1.807) is 12.3 Å². The minimum Gasteiger partial charge on any atom is -0.355 e. The molecule has 6 heteroatoms. The molecule has 0 aliphatic heterocycles. The van der Waals surface area contributed by atoms with E-state index in [0.29, 0.717) is 18.1 Å². The highest BCUT2D eigenvalue weighted by atomic mass is 35.5. The zero-order valence-electron chi connectivity index (χ0n) is 11.0. The van der Waals surface area contributed by atoms with E-state index in [-0.39, 0.29) is 11.9 Å². The number of pyridine rings is 1. The number of amides is 1. The molecular formula is C13H17ClN4O. The Morgan fingerprint density at radius 3 is 3.00 bits per heavy atom. The molecule has 0 aromatic carbocycles. The summed E-state index contributed by atoms with van der Waals surface area (Å²) in [5.74, 6) is -0.00527. The van der Waals surface area contributed by atoms with Gasteiger partial charge in [-0.3, -0.25) is 4.79 Å². The first-order chi connectivity index (χ1) is 9.10. The fraction of sp³-hybridized carbons (Fsp3) is 0.385. The Morgan fingerprint density at radius 2 is 2.26 bits per heavy atom. The molecule has 0 spiro atoms. The summed E-state index contributed by atoms with van der Waals surface area (Å²) in [5.41, 5.74) is 1.71. The molecule has 0 aliphatic rings. The SMILES string of the molecule is CCNC(=O)C(C)NCc1cn2cc(Cl)ccc2n1. The van der Waals surface area contributed by atoms with Crippen molar-refractivity contribution < 1.29 is 4.79 Å². The fourth-order valence-corrected chi connectivity index (χ4v) is 1.95. The van der Waals surface area contributed by atoms with Crippen LogP contribution in [0.2, 0.25) is 5.02 Å². The third-order valence-corrected chi connectivity index (χ3v) is 3.02. The minimum absolute atomic E-state index is 0.00527. The summed E-state index contributed by atoms with van der Waals surface area (Å²) in [6, 6.07) is 3.42. The predicted molar refractivity (Wildman–Crippen MR) is 75.2 cm³/mol. The average Bonchev–Trinajstić information content (AvgIpc) is 2.78. The Kier molecular flexibility index (Phi) is 4.39. The fourth-order valence-electron chi connectivity index (χ4n) is 1.78. The smallest absolute Gasteiger partial charge is 0.236 e. The van der Waals surface area contributed by atoms with Crippen molar-refractivity contribution in [2.45, 2.75) is 26.4 Å². The van der Waals surface area contributed by atoms with Gasteiger partial charge in [-0.2, -0.15) is 0 Å². The standard InChI is InChI=1S/C13H17ClN4O/c1-3-15-13(19)9(2)16-6-11-8-18-7-10(14)4-5-12(18)17-11/h4-5,7-9,16H,3,6H2,1-2H3,(H,15,19). The molecule has 0 saturated carbocycles. The van der Waals surface area contributed by atoms with E-state index in [2.05, 4.69) is 15.6 Å². The maximum Gasteiger partial charge on any atom is 0.236 e. The van der Waals surface area contributed by atoms with Crippen LogP contribution in [0.1, 0.15) is 19.5 Å². The summed E-state index contributed by atoms with van der Waals surface area (Å²) in [4.78, 5) is 16.0. The number of hydrogen-bond acceptors (Lipinski definition) is 3. The summed E-state index contributed by atoms with van der Waals surface area (Å²) < 4.78 is 1.87. The van der Waals surface area contributed by atoms with Crippen LogP contribution in [0.15, 0.2) is 24.5 Å². The summed E-state index contributed by atoms with van der Waals surface area (Å²) >= 11 is 5.91. The number of nitrogens with one attached hydrogen (secondary N) is 2. The van der Waals surface area contributed by atoms with Crippen LogP contribution in [0.25, 0.3) is 5.65 Å². The molecule has 2 aromatic heterocycles. The van der Waals surface area contributed by atoms with Crippen molar-refractivity contribution in [2.75, 3.05) is 6.54 Å². The lowest BCUT2D eigenvalue weighted by Crippen LogP contribution is -2.41. The lowest BCUT2D eigenvalue weighted by atomic mass is 10.3. The molecule has 2 aromatic rings. The molecule has 1 atom stereocenters. The summed E-state index contributed by atoms with van der Waals surface area (Å²) in [5, 5.41) is 6.58. The topological polar surface area (TPSA) is 58.4 Å². The molecule has 102 valence electrons. The van der Waals surface area contributed by atoms with Crippen molar-refractivity contribution in [2.24, 2.45) is 0 Å². The minimum atomic E-state index is -0.242. The molecule has 5 nitrogen and oxygen atoms in total. The molecule has 0 fully saturated rings. The number of carbonyl (C=O) groups excluding carboxylic acids is 1. The molecule has 19 heavy (non-hydrogen) atoms. The van der Waals surface area contributed by atoms with Crippen LogP contribution in [0.3, 0.4) is 0 Å². The first-order valence-electron chi connectivity index (χ1n) is 6.24. The second kappa shape index (κ2) is 6.04. The number of fused-ring (bicyclic) bond motifs is 1. The van der Waals surface area contributed by atoms with Crippen LogP contribution in [0.4, 0.5) is 0 Å². The van der Waals surface area contributed by atoms with Crippen molar-refractivity contribution in [3.8, 4) is 0 Å². The summed E-state index contributed by atoms with van der Waals surface area (Å²) in [6.07, 6.45) is 3.71. The van der Waals surface area contributed by atoms with Crippen molar-refractivity contribution >= 4 is 23.2 Å². The maximum atomic E-state index is 11.6. The van der Waals surface area contributed by atoms with Gasteiger partial charge in [-0.25, -0.2) is 4.98 Å². The van der Waals surface area contributed by atoms with E-state index < -0.39 is 0 Å². The van der Waals surface area contributed by atoms with Crippen LogP contribution in [0.5, 0.6) is 0 Å². The zero-order valence-corrected chi connectivity index (χ0v) is 11.7. The number of halogens is 1. The first-order valence-corrected chi connectivity index (χ1v) is 6.62. The van der Waals surface area contributed by atoms with E-state index in [1.807, 2.05) is 30.5 Å². The lowest BCUT2D eigenvalue weighted by molar-refractivity contribution is -0.122. The van der Waals surface area contributed by atoms with Gasteiger partial charge in [-0.1, -0.05) is 11.6 Å². The highest BCUT2D eigenvalue weighted by molar-refractivity contribution is 6.30. The lowest BCUT2D eigenvalue weighted by Gasteiger charge is -2.11. The van der Waals surface area contributed by atoms with E-state index in [1.165, 1.54) is 0 Å². The first kappa shape index (κ1) is 13.8. The third kappa shape index (κ3) is 3.45. The second-order valence-electron chi connectivity index (χ2n) is 4.34. The molecule has 0 bridgehead atoms. The van der Waals surface area contributed by atoms with Gasteiger partial charge in [-0.15, -0.1) is 0 Å². The van der Waals surface area contributed by atoms with Gasteiger partial charge < -0.3 is 15.0 Å². The van der Waals surface area contributed by atoms with Gasteiger partial charge >= 0.3 is 0 Å². The number of hydrogen-bond donors (Lipinski definition) is 2. The number of nitrogens with zero attached hydrogens (tertiary/aromatic N) is 2. The number of aromatic nitrogens is 2. The summed E-state index contributed by atoms with van der Waals surface area (Å²) in [7, 11) is 0. The van der Waals surface area contributed by atoms with Crippen molar-refractivity contribution in [3.05, 3.63) is 35.2 Å². The van der Waals surface area contributed by atoms with Crippen molar-refractivity contribution in [1.29, 1.82) is 0 Å². The Hall–Kier alpha value is -1.59. The normalized spacial score (nSPS) is 12.6. The van der Waals surface area contributed by atoms with Crippen LogP contribution >= 0.6 is 11.6 Å². The van der Waals surface area contributed by atoms with Crippen LogP contribution in [-0.4, -0.2) is 27.9 Å². The summed E-state index contributed by atoms with van der Waals surface area (Å²) in [6.45, 7) is 4.91. The Morgan fingerprint density at radius 1 is 1.47 bits per heavy atom. The molecule has 1 amide bonds. The van der Waals surface area contributed by atoms with Gasteiger partial charge in [0.2, 0.25) is 5.91 Å². The van der Waals surface area contributed by atoms with Gasteiger partial charge in [0.15, 0.2) is 0 Å². The number of imidazole rings is 1. The highest BCUT2D eigenvalue weighted by Crippen LogP contribution is 2.11. The quantitative estimate of drug-likeness (QED) is 0.875. The number of carbonyl (C=O) groups is 1. The van der Waals surface area contributed by atoms with Crippen LogP contribution in [0, 0.1) is 0 Å². The highest BCUT2D eigenvalue weighted by Gasteiger charge is 2.11. The second-order valence-corrected chi connectivity index (χ2v) is 4.78. The molecule has 0 aliphatic carbocycles. The third-order valence-electron chi connectivity index (χ3n) is 2.80. The van der Waals surface area contributed by atoms with Gasteiger partial charge in [0.1, 0.15) is 5.65 Å². The molecule has 0 saturated heterocycles. The monoisotopic (exact) mass is 280 g/mol. The van der Waals surface area contributed by atoms with Crippen LogP contribution < -0.4 is 10.6 Å². The Balaban J connectivity index is 2.00.